The molecular formula is C34H46ClN5O4. The van der Waals surface area contributed by atoms with Gasteiger partial charge >= 0.3 is 0 Å². The molecule has 0 unspecified atom stereocenters. The average Bonchev–Trinajstić information content (AvgIpc) is 2.98. The molecule has 10 heteroatoms. The van der Waals surface area contributed by atoms with E-state index in [0.29, 0.717) is 57.1 Å². The van der Waals surface area contributed by atoms with Crippen molar-refractivity contribution in [3.8, 4) is 5.88 Å². The molecule has 2 fully saturated rings. The Morgan fingerprint density at radius 2 is 1.89 bits per heavy atom. The Labute approximate surface area is 266 Å². The second-order valence-corrected chi connectivity index (χ2v) is 13.4. The first-order chi connectivity index (χ1) is 21.2. The predicted octanol–water partition coefficient (Wildman–Crippen LogP) is 4.55. The molecule has 238 valence electrons. The number of nitrogens with zero attached hydrogens (tertiary/aromatic N) is 3. The third-order valence-electron chi connectivity index (χ3n) is 9.34. The lowest BCUT2D eigenvalue weighted by molar-refractivity contribution is -0.136. The van der Waals surface area contributed by atoms with Gasteiger partial charge in [-0.3, -0.25) is 19.3 Å². The van der Waals surface area contributed by atoms with Gasteiger partial charge < -0.3 is 20.3 Å². The Bertz CT molecular complexity index is 1310. The average molecular weight is 624 g/mol. The molecule has 1 aromatic heterocycles. The molecule has 2 aromatic rings. The van der Waals surface area contributed by atoms with E-state index in [1.165, 1.54) is 5.56 Å². The summed E-state index contributed by atoms with van der Waals surface area (Å²) in [6.07, 6.45) is 4.17. The highest BCUT2D eigenvalue weighted by Gasteiger charge is 2.36. The Hall–Kier alpha value is -3.17. The zero-order chi connectivity index (χ0) is 31.1. The zero-order valence-corrected chi connectivity index (χ0v) is 26.7. The van der Waals surface area contributed by atoms with Gasteiger partial charge in [0, 0.05) is 62.7 Å². The normalized spacial score (nSPS) is 25.4. The molecule has 0 aliphatic carbocycles. The monoisotopic (exact) mass is 623 g/mol. The number of nitrogens with one attached hydrogen (secondary N) is 2. The maximum Gasteiger partial charge on any atom is 0.270 e. The highest BCUT2D eigenvalue weighted by Crippen LogP contribution is 2.34. The first kappa shape index (κ1) is 32.2. The van der Waals surface area contributed by atoms with E-state index < -0.39 is 0 Å². The molecule has 3 aliphatic rings. The fraction of sp³-hybridized carbons (Fsp3) is 0.588. The highest BCUT2D eigenvalue weighted by molar-refractivity contribution is 6.30. The van der Waals surface area contributed by atoms with Crippen LogP contribution < -0.4 is 15.4 Å². The minimum absolute atomic E-state index is 0.0573. The van der Waals surface area contributed by atoms with Crippen molar-refractivity contribution in [3.63, 3.8) is 0 Å². The van der Waals surface area contributed by atoms with E-state index >= 15 is 0 Å². The molecule has 4 heterocycles. The summed E-state index contributed by atoms with van der Waals surface area (Å²) in [5.41, 5.74) is 1.51. The molecule has 3 amide bonds. The minimum Gasteiger partial charge on any atom is -0.478 e. The Balaban J connectivity index is 1.32. The standard InChI is InChI=1S/C34H46ClN5O4/c1-23(2)37-31(41)18-25-11-15-40-22-28(25)12-16-44-32-8-4-7-30(38-32)34(43)36-13-9-27-21-39(14-10-26(27)19-33(40)42)20-24-5-3-6-29(35)17-24/h3-8,17,23,25-28H,9-16,18-22H2,1-2H3,(H,36,43)(H,37,41)/t25-,26-,27-,28-/m0/s1. The van der Waals surface area contributed by atoms with Crippen molar-refractivity contribution in [1.29, 1.82) is 0 Å². The van der Waals surface area contributed by atoms with Crippen molar-refractivity contribution >= 4 is 29.3 Å². The van der Waals surface area contributed by atoms with E-state index in [1.807, 2.05) is 36.9 Å². The smallest absolute Gasteiger partial charge is 0.270 e. The molecular weight excluding hydrogens is 578 g/mol. The van der Waals surface area contributed by atoms with E-state index in [9.17, 15) is 14.4 Å². The lowest BCUT2D eigenvalue weighted by Crippen LogP contribution is -2.47. The molecule has 44 heavy (non-hydrogen) atoms. The quantitative estimate of drug-likeness (QED) is 0.507. The van der Waals surface area contributed by atoms with Gasteiger partial charge in [0.25, 0.3) is 5.91 Å². The van der Waals surface area contributed by atoms with Crippen LogP contribution in [0.3, 0.4) is 0 Å². The first-order valence-electron chi connectivity index (χ1n) is 16.2. The molecule has 9 nitrogen and oxygen atoms in total. The molecule has 0 radical (unpaired) electrons. The number of benzene rings is 1. The number of fused-ring (bicyclic) bond motifs is 5. The number of likely N-dealkylation sites (tertiary alicyclic amines) is 1. The number of halogens is 1. The van der Waals surface area contributed by atoms with Gasteiger partial charge in [-0.2, -0.15) is 0 Å². The number of piperidine rings is 2. The molecule has 5 rings (SSSR count). The fourth-order valence-electron chi connectivity index (χ4n) is 7.06. The molecule has 1 aromatic carbocycles. The summed E-state index contributed by atoms with van der Waals surface area (Å²) in [7, 11) is 0. The third-order valence-corrected chi connectivity index (χ3v) is 9.58. The second-order valence-electron chi connectivity index (χ2n) is 13.0. The van der Waals surface area contributed by atoms with Gasteiger partial charge in [0.1, 0.15) is 5.69 Å². The van der Waals surface area contributed by atoms with Crippen LogP contribution in [0.5, 0.6) is 5.88 Å². The lowest BCUT2D eigenvalue weighted by atomic mass is 9.79. The van der Waals surface area contributed by atoms with E-state index in [1.54, 1.807) is 18.2 Å². The van der Waals surface area contributed by atoms with Crippen LogP contribution in [0.2, 0.25) is 5.02 Å². The Morgan fingerprint density at radius 1 is 1.05 bits per heavy atom. The molecule has 4 bridgehead atoms. The highest BCUT2D eigenvalue weighted by atomic mass is 35.5. The molecule has 0 spiro atoms. The van der Waals surface area contributed by atoms with Crippen LogP contribution in [-0.4, -0.2) is 77.9 Å². The molecule has 2 saturated heterocycles. The van der Waals surface area contributed by atoms with Gasteiger partial charge in [-0.25, -0.2) is 4.98 Å². The van der Waals surface area contributed by atoms with Gasteiger partial charge in [-0.15, -0.1) is 0 Å². The van der Waals surface area contributed by atoms with Gasteiger partial charge in [0.15, 0.2) is 0 Å². The second kappa shape index (κ2) is 15.2. The summed E-state index contributed by atoms with van der Waals surface area (Å²) in [6.45, 7) is 8.74. The number of carbonyl (C=O) groups is 3. The molecule has 3 aliphatic heterocycles. The van der Waals surface area contributed by atoms with Gasteiger partial charge in [-0.05, 0) is 93.5 Å². The largest absolute Gasteiger partial charge is 0.478 e. The minimum atomic E-state index is -0.225. The van der Waals surface area contributed by atoms with Crippen LogP contribution in [-0.2, 0) is 16.1 Å². The van der Waals surface area contributed by atoms with Gasteiger partial charge in [0.2, 0.25) is 17.7 Å². The van der Waals surface area contributed by atoms with E-state index in [-0.39, 0.29) is 47.4 Å². The summed E-state index contributed by atoms with van der Waals surface area (Å²) in [5.74, 6) is 1.25. The van der Waals surface area contributed by atoms with Crippen molar-refractivity contribution in [2.45, 2.75) is 65.0 Å². The molecule has 2 N–H and O–H groups in total. The van der Waals surface area contributed by atoms with E-state index in [4.69, 9.17) is 16.3 Å². The van der Waals surface area contributed by atoms with Gasteiger partial charge in [-0.1, -0.05) is 29.8 Å². The number of pyridine rings is 1. The SMILES string of the molecule is CC(C)NC(=O)C[C@@H]1CCN2C[C@@H]1CCOc1cccc(n1)C(=O)NCC[C@H]1CN(Cc3cccc(Cl)c3)CC[C@H]1CC2=O. The van der Waals surface area contributed by atoms with E-state index in [0.717, 1.165) is 43.9 Å². The Morgan fingerprint density at radius 3 is 2.70 bits per heavy atom. The van der Waals surface area contributed by atoms with Crippen LogP contribution in [0, 0.1) is 23.7 Å². The van der Waals surface area contributed by atoms with Crippen LogP contribution in [0.25, 0.3) is 0 Å². The summed E-state index contributed by atoms with van der Waals surface area (Å²) in [5, 5.41) is 6.81. The summed E-state index contributed by atoms with van der Waals surface area (Å²) in [6, 6.07) is 13.3. The van der Waals surface area contributed by atoms with E-state index in [2.05, 4.69) is 26.6 Å². The van der Waals surface area contributed by atoms with Crippen LogP contribution in [0.1, 0.15) is 68.4 Å². The van der Waals surface area contributed by atoms with Crippen LogP contribution in [0.4, 0.5) is 0 Å². The number of amides is 3. The van der Waals surface area contributed by atoms with Crippen molar-refractivity contribution in [2.24, 2.45) is 23.7 Å². The summed E-state index contributed by atoms with van der Waals surface area (Å²) in [4.78, 5) is 48.4. The number of hydrogen-bond acceptors (Lipinski definition) is 6. The van der Waals surface area contributed by atoms with Crippen LogP contribution in [0.15, 0.2) is 42.5 Å². The number of carbonyl (C=O) groups excluding carboxylic acids is 3. The first-order valence-corrected chi connectivity index (χ1v) is 16.5. The topological polar surface area (TPSA) is 104 Å². The maximum absolute atomic E-state index is 13.8. The fourth-order valence-corrected chi connectivity index (χ4v) is 7.28. The summed E-state index contributed by atoms with van der Waals surface area (Å²) < 4.78 is 5.99. The van der Waals surface area contributed by atoms with Crippen molar-refractivity contribution in [1.82, 2.24) is 25.4 Å². The number of ether oxygens (including phenoxy) is 1. The number of rotatable bonds is 5. The Kier molecular flexibility index (Phi) is 11.1. The zero-order valence-electron chi connectivity index (χ0n) is 26.0. The molecule has 4 atom stereocenters. The third kappa shape index (κ3) is 8.94. The molecule has 0 saturated carbocycles. The lowest BCUT2D eigenvalue weighted by Gasteiger charge is -2.41. The maximum atomic E-state index is 13.8. The van der Waals surface area contributed by atoms with Crippen LogP contribution >= 0.6 is 11.6 Å². The number of aromatic nitrogens is 1. The van der Waals surface area contributed by atoms with Crippen molar-refractivity contribution in [2.75, 3.05) is 39.3 Å². The van der Waals surface area contributed by atoms with Gasteiger partial charge in [0.05, 0.1) is 6.61 Å². The van der Waals surface area contributed by atoms with Crippen molar-refractivity contribution < 1.29 is 19.1 Å². The number of hydrogen-bond donors (Lipinski definition) is 2. The summed E-state index contributed by atoms with van der Waals surface area (Å²) >= 11 is 6.25. The van der Waals surface area contributed by atoms with Crippen molar-refractivity contribution in [3.05, 3.63) is 58.7 Å². The predicted molar refractivity (Wildman–Crippen MR) is 170 cm³/mol.